The number of ether oxygens (including phenoxy) is 1. The van der Waals surface area contributed by atoms with Gasteiger partial charge in [0.25, 0.3) is 5.69 Å². The average molecular weight is 350 g/mol. The molecule has 2 aromatic carbocycles. The van der Waals surface area contributed by atoms with Crippen LogP contribution in [-0.2, 0) is 22.3 Å². The molecule has 128 valence electrons. The summed E-state index contributed by atoms with van der Waals surface area (Å²) in [5, 5.41) is 10.7. The Morgan fingerprint density at radius 1 is 1.12 bits per heavy atom. The SMILES string of the molecule is CCOc1cccc(CNS(=O)(=O)Cc2cccc([N+](=O)[O-])c2)c1. The molecule has 0 aliphatic rings. The lowest BCUT2D eigenvalue weighted by atomic mass is 10.2. The van der Waals surface area contributed by atoms with Crippen molar-refractivity contribution in [2.45, 2.75) is 19.2 Å². The number of nitro benzene ring substituents is 1. The fourth-order valence-corrected chi connectivity index (χ4v) is 3.24. The van der Waals surface area contributed by atoms with E-state index in [4.69, 9.17) is 4.74 Å². The Kier molecular flexibility index (Phi) is 5.88. The van der Waals surface area contributed by atoms with E-state index < -0.39 is 14.9 Å². The standard InChI is InChI=1S/C16H18N2O5S/c1-2-23-16-8-4-5-13(10-16)11-17-24(21,22)12-14-6-3-7-15(9-14)18(19)20/h3-10,17H,2,11-12H2,1H3. The van der Waals surface area contributed by atoms with E-state index in [1.54, 1.807) is 30.3 Å². The summed E-state index contributed by atoms with van der Waals surface area (Å²) in [4.78, 5) is 10.2. The van der Waals surface area contributed by atoms with E-state index in [1.807, 2.05) is 6.92 Å². The molecule has 0 fully saturated rings. The first kappa shape index (κ1) is 17.9. The third-order valence-electron chi connectivity index (χ3n) is 3.18. The third kappa shape index (κ3) is 5.32. The van der Waals surface area contributed by atoms with Crippen molar-refractivity contribution in [1.29, 1.82) is 0 Å². The Labute approximate surface area is 140 Å². The second kappa shape index (κ2) is 7.89. The van der Waals surface area contributed by atoms with Crippen molar-refractivity contribution in [3.8, 4) is 5.75 Å². The van der Waals surface area contributed by atoms with Gasteiger partial charge in [-0.25, -0.2) is 13.1 Å². The van der Waals surface area contributed by atoms with Crippen LogP contribution in [0.2, 0.25) is 0 Å². The highest BCUT2D eigenvalue weighted by Crippen LogP contribution is 2.16. The van der Waals surface area contributed by atoms with Gasteiger partial charge in [-0.05, 0) is 30.2 Å². The second-order valence-corrected chi connectivity index (χ2v) is 6.89. The number of hydrogen-bond acceptors (Lipinski definition) is 5. The van der Waals surface area contributed by atoms with Crippen LogP contribution in [0.5, 0.6) is 5.75 Å². The van der Waals surface area contributed by atoms with Gasteiger partial charge < -0.3 is 4.74 Å². The Hall–Kier alpha value is -2.45. The zero-order valence-electron chi connectivity index (χ0n) is 13.1. The van der Waals surface area contributed by atoms with E-state index >= 15 is 0 Å². The molecule has 0 saturated heterocycles. The first-order valence-corrected chi connectivity index (χ1v) is 8.97. The van der Waals surface area contributed by atoms with E-state index in [-0.39, 0.29) is 18.0 Å². The number of nitrogens with one attached hydrogen (secondary N) is 1. The topological polar surface area (TPSA) is 98.5 Å². The summed E-state index contributed by atoms with van der Waals surface area (Å²) < 4.78 is 32.2. The molecule has 2 rings (SSSR count). The molecule has 0 aromatic heterocycles. The van der Waals surface area contributed by atoms with Crippen LogP contribution in [-0.4, -0.2) is 19.9 Å². The molecule has 8 heteroatoms. The van der Waals surface area contributed by atoms with Crippen LogP contribution in [0.25, 0.3) is 0 Å². The van der Waals surface area contributed by atoms with Crippen LogP contribution >= 0.6 is 0 Å². The molecular weight excluding hydrogens is 332 g/mol. The smallest absolute Gasteiger partial charge is 0.269 e. The van der Waals surface area contributed by atoms with E-state index in [0.717, 1.165) is 5.56 Å². The average Bonchev–Trinajstić information content (AvgIpc) is 2.54. The lowest BCUT2D eigenvalue weighted by Crippen LogP contribution is -2.24. The molecule has 2 aromatic rings. The van der Waals surface area contributed by atoms with Gasteiger partial charge in [0, 0.05) is 18.7 Å². The maximum atomic E-state index is 12.2. The lowest BCUT2D eigenvalue weighted by molar-refractivity contribution is -0.384. The highest BCUT2D eigenvalue weighted by Gasteiger charge is 2.14. The fraction of sp³-hybridized carbons (Fsp3) is 0.250. The molecule has 1 N–H and O–H groups in total. The molecule has 0 atom stereocenters. The summed E-state index contributed by atoms with van der Waals surface area (Å²) in [5.74, 6) is 0.354. The molecule has 24 heavy (non-hydrogen) atoms. The predicted octanol–water partition coefficient (Wildman–Crippen LogP) is 2.61. The molecule has 0 heterocycles. The summed E-state index contributed by atoms with van der Waals surface area (Å²) in [6.45, 7) is 2.52. The largest absolute Gasteiger partial charge is 0.494 e. The van der Waals surface area contributed by atoms with Gasteiger partial charge in [0.2, 0.25) is 10.0 Å². The third-order valence-corrected chi connectivity index (χ3v) is 4.48. The number of hydrogen-bond donors (Lipinski definition) is 1. The lowest BCUT2D eigenvalue weighted by Gasteiger charge is -2.09. The normalized spacial score (nSPS) is 11.2. The number of benzene rings is 2. The zero-order valence-corrected chi connectivity index (χ0v) is 14.0. The molecule has 0 spiro atoms. The van der Waals surface area contributed by atoms with Gasteiger partial charge in [-0.15, -0.1) is 0 Å². The van der Waals surface area contributed by atoms with Gasteiger partial charge in [-0.2, -0.15) is 0 Å². The van der Waals surface area contributed by atoms with Crippen LogP contribution in [0.4, 0.5) is 5.69 Å². The summed E-state index contributed by atoms with van der Waals surface area (Å²) >= 11 is 0. The second-order valence-electron chi connectivity index (χ2n) is 5.09. The minimum atomic E-state index is -3.61. The summed E-state index contributed by atoms with van der Waals surface area (Å²) in [5.41, 5.74) is 0.996. The van der Waals surface area contributed by atoms with Gasteiger partial charge in [-0.3, -0.25) is 10.1 Å². The number of non-ortho nitro benzene ring substituents is 1. The predicted molar refractivity (Wildman–Crippen MR) is 90.2 cm³/mol. The first-order valence-electron chi connectivity index (χ1n) is 7.32. The van der Waals surface area contributed by atoms with E-state index in [9.17, 15) is 18.5 Å². The maximum absolute atomic E-state index is 12.2. The molecular formula is C16H18N2O5S. The highest BCUT2D eigenvalue weighted by atomic mass is 32.2. The van der Waals surface area contributed by atoms with Gasteiger partial charge in [0.15, 0.2) is 0 Å². The molecule has 0 unspecified atom stereocenters. The van der Waals surface area contributed by atoms with E-state index in [1.165, 1.54) is 18.2 Å². The number of sulfonamides is 1. The van der Waals surface area contributed by atoms with Crippen LogP contribution in [0.15, 0.2) is 48.5 Å². The minimum absolute atomic E-state index is 0.123. The number of nitrogens with zero attached hydrogens (tertiary/aromatic N) is 1. The van der Waals surface area contributed by atoms with Crippen molar-refractivity contribution in [3.05, 3.63) is 69.8 Å². The molecule has 0 bridgehead atoms. The van der Waals surface area contributed by atoms with Gasteiger partial charge >= 0.3 is 0 Å². The molecule has 0 aliphatic heterocycles. The molecule has 0 saturated carbocycles. The van der Waals surface area contributed by atoms with Crippen LogP contribution < -0.4 is 9.46 Å². The van der Waals surface area contributed by atoms with Crippen molar-refractivity contribution in [2.24, 2.45) is 0 Å². The summed E-state index contributed by atoms with van der Waals surface area (Å²) in [7, 11) is -3.61. The van der Waals surface area contributed by atoms with E-state index in [0.29, 0.717) is 17.9 Å². The first-order chi connectivity index (χ1) is 11.4. The van der Waals surface area contributed by atoms with Gasteiger partial charge in [0.05, 0.1) is 17.3 Å². The van der Waals surface area contributed by atoms with Crippen molar-refractivity contribution < 1.29 is 18.1 Å². The van der Waals surface area contributed by atoms with Crippen molar-refractivity contribution in [3.63, 3.8) is 0 Å². The number of rotatable bonds is 8. The van der Waals surface area contributed by atoms with Gasteiger partial charge in [0.1, 0.15) is 5.75 Å². The molecule has 0 radical (unpaired) electrons. The Balaban J connectivity index is 2.02. The van der Waals surface area contributed by atoms with E-state index in [2.05, 4.69) is 4.72 Å². The van der Waals surface area contributed by atoms with Gasteiger partial charge in [-0.1, -0.05) is 24.3 Å². The van der Waals surface area contributed by atoms with Crippen LogP contribution in [0.1, 0.15) is 18.1 Å². The summed E-state index contributed by atoms with van der Waals surface area (Å²) in [6, 6.07) is 12.7. The molecule has 0 amide bonds. The minimum Gasteiger partial charge on any atom is -0.494 e. The van der Waals surface area contributed by atoms with Crippen molar-refractivity contribution in [2.75, 3.05) is 6.61 Å². The molecule has 0 aliphatic carbocycles. The Bertz CT molecular complexity index is 821. The Morgan fingerprint density at radius 3 is 2.54 bits per heavy atom. The molecule has 7 nitrogen and oxygen atoms in total. The fourth-order valence-electron chi connectivity index (χ4n) is 2.14. The zero-order chi connectivity index (χ0) is 17.6. The highest BCUT2D eigenvalue weighted by molar-refractivity contribution is 7.88. The number of nitro groups is 1. The van der Waals surface area contributed by atoms with Crippen molar-refractivity contribution in [1.82, 2.24) is 4.72 Å². The van der Waals surface area contributed by atoms with Crippen LogP contribution in [0.3, 0.4) is 0 Å². The van der Waals surface area contributed by atoms with Crippen molar-refractivity contribution >= 4 is 15.7 Å². The quantitative estimate of drug-likeness (QED) is 0.583. The Morgan fingerprint density at radius 2 is 1.83 bits per heavy atom. The maximum Gasteiger partial charge on any atom is 0.269 e. The monoisotopic (exact) mass is 350 g/mol. The van der Waals surface area contributed by atoms with Crippen LogP contribution in [0, 0.1) is 10.1 Å². The summed E-state index contributed by atoms with van der Waals surface area (Å²) in [6.07, 6.45) is 0.